The van der Waals surface area contributed by atoms with Crippen molar-refractivity contribution < 1.29 is 4.74 Å². The maximum Gasteiger partial charge on any atom is 0.173 e. The van der Waals surface area contributed by atoms with Crippen molar-refractivity contribution in [2.75, 3.05) is 43.5 Å². The number of thiocarbonyl (C=S) groups is 1. The van der Waals surface area contributed by atoms with Crippen LogP contribution >= 0.6 is 23.8 Å². The van der Waals surface area contributed by atoms with Crippen molar-refractivity contribution >= 4 is 40.3 Å². The summed E-state index contributed by atoms with van der Waals surface area (Å²) in [5, 5.41) is 4.63. The van der Waals surface area contributed by atoms with Crippen LogP contribution in [0.2, 0.25) is 5.02 Å². The molecule has 4 nitrogen and oxygen atoms in total. The first kappa shape index (κ1) is 18.8. The lowest BCUT2D eigenvalue weighted by molar-refractivity contribution is 0.390. The van der Waals surface area contributed by atoms with Crippen LogP contribution in [0.3, 0.4) is 0 Å². The molecule has 6 heteroatoms. The van der Waals surface area contributed by atoms with E-state index in [1.165, 1.54) is 16.8 Å². The van der Waals surface area contributed by atoms with E-state index in [1.54, 1.807) is 13.2 Å². The summed E-state index contributed by atoms with van der Waals surface area (Å²) in [5.74, 6) is 0.728. The number of benzene rings is 2. The van der Waals surface area contributed by atoms with Gasteiger partial charge in [0.25, 0.3) is 0 Å². The molecule has 1 N–H and O–H groups in total. The number of piperazine rings is 1. The number of ether oxygens (including phenoxy) is 1. The smallest absolute Gasteiger partial charge is 0.173 e. The van der Waals surface area contributed by atoms with Crippen LogP contribution in [0.25, 0.3) is 0 Å². The molecular formula is C20H24ClN3OS. The molecule has 0 amide bonds. The van der Waals surface area contributed by atoms with Crippen molar-refractivity contribution in [3.05, 3.63) is 52.5 Å². The summed E-state index contributed by atoms with van der Waals surface area (Å²) in [7, 11) is 1.64. The van der Waals surface area contributed by atoms with Gasteiger partial charge in [-0.1, -0.05) is 23.7 Å². The van der Waals surface area contributed by atoms with Crippen LogP contribution in [-0.4, -0.2) is 43.3 Å². The number of rotatable bonds is 3. The maximum atomic E-state index is 6.10. The fourth-order valence-corrected chi connectivity index (χ4v) is 3.67. The minimum atomic E-state index is 0.649. The van der Waals surface area contributed by atoms with Crippen LogP contribution in [-0.2, 0) is 0 Å². The average Bonchev–Trinajstić information content (AvgIpc) is 2.64. The van der Waals surface area contributed by atoms with Crippen molar-refractivity contribution in [3.8, 4) is 5.75 Å². The van der Waals surface area contributed by atoms with Crippen LogP contribution in [0.5, 0.6) is 5.75 Å². The van der Waals surface area contributed by atoms with E-state index in [2.05, 4.69) is 47.2 Å². The minimum Gasteiger partial charge on any atom is -0.495 e. The predicted octanol–water partition coefficient (Wildman–Crippen LogP) is 4.48. The first-order valence-electron chi connectivity index (χ1n) is 8.70. The number of halogens is 1. The fourth-order valence-electron chi connectivity index (χ4n) is 3.20. The molecule has 26 heavy (non-hydrogen) atoms. The van der Waals surface area contributed by atoms with Crippen molar-refractivity contribution in [3.63, 3.8) is 0 Å². The number of aryl methyl sites for hydroxylation is 1. The van der Waals surface area contributed by atoms with Gasteiger partial charge in [-0.05, 0) is 61.5 Å². The lowest BCUT2D eigenvalue weighted by Crippen LogP contribution is -2.50. The molecule has 138 valence electrons. The normalized spacial score (nSPS) is 14.3. The molecule has 1 aliphatic rings. The summed E-state index contributed by atoms with van der Waals surface area (Å²) in [6.45, 7) is 7.99. The molecule has 1 fully saturated rings. The van der Waals surface area contributed by atoms with E-state index in [1.807, 2.05) is 12.1 Å². The van der Waals surface area contributed by atoms with Crippen molar-refractivity contribution in [1.29, 1.82) is 0 Å². The third-order valence-corrected chi connectivity index (χ3v) is 5.48. The minimum absolute atomic E-state index is 0.649. The molecule has 1 saturated heterocycles. The number of hydrogen-bond acceptors (Lipinski definition) is 3. The largest absolute Gasteiger partial charge is 0.495 e. The lowest BCUT2D eigenvalue weighted by Gasteiger charge is -2.38. The number of anilines is 2. The highest BCUT2D eigenvalue weighted by Crippen LogP contribution is 2.28. The Kier molecular flexibility index (Phi) is 5.89. The molecule has 0 aromatic heterocycles. The van der Waals surface area contributed by atoms with E-state index in [0.29, 0.717) is 10.1 Å². The molecule has 0 atom stereocenters. The van der Waals surface area contributed by atoms with Gasteiger partial charge in [-0.25, -0.2) is 0 Å². The second-order valence-electron chi connectivity index (χ2n) is 6.47. The average molecular weight is 390 g/mol. The molecular weight excluding hydrogens is 366 g/mol. The Morgan fingerprint density at radius 1 is 1.12 bits per heavy atom. The highest BCUT2D eigenvalue weighted by molar-refractivity contribution is 7.80. The summed E-state index contributed by atoms with van der Waals surface area (Å²) in [4.78, 5) is 4.62. The van der Waals surface area contributed by atoms with Crippen LogP contribution in [0.15, 0.2) is 36.4 Å². The van der Waals surface area contributed by atoms with Gasteiger partial charge in [-0.15, -0.1) is 0 Å². The van der Waals surface area contributed by atoms with Gasteiger partial charge in [0.05, 0.1) is 12.8 Å². The SMILES string of the molecule is COc1ccc(Cl)cc1NC(=S)N1CCN(c2cccc(C)c2C)CC1. The van der Waals surface area contributed by atoms with Crippen molar-refractivity contribution in [2.45, 2.75) is 13.8 Å². The second-order valence-corrected chi connectivity index (χ2v) is 7.29. The van der Waals surface area contributed by atoms with Crippen LogP contribution in [0, 0.1) is 13.8 Å². The Labute approximate surface area is 165 Å². The third-order valence-electron chi connectivity index (χ3n) is 4.89. The molecule has 0 spiro atoms. The topological polar surface area (TPSA) is 27.7 Å². The van der Waals surface area contributed by atoms with Crippen LogP contribution < -0.4 is 15.0 Å². The molecule has 0 unspecified atom stereocenters. The number of nitrogens with zero attached hydrogens (tertiary/aromatic N) is 2. The Morgan fingerprint density at radius 3 is 2.54 bits per heavy atom. The summed E-state index contributed by atoms with van der Waals surface area (Å²) < 4.78 is 5.38. The van der Waals surface area contributed by atoms with Crippen LogP contribution in [0.1, 0.15) is 11.1 Å². The monoisotopic (exact) mass is 389 g/mol. The molecule has 1 heterocycles. The standard InChI is InChI=1S/C20H24ClN3OS/c1-14-5-4-6-18(15(14)2)23-9-11-24(12-10-23)20(26)22-17-13-16(21)7-8-19(17)25-3/h4-8,13H,9-12H2,1-3H3,(H,22,26). The van der Waals surface area contributed by atoms with E-state index in [0.717, 1.165) is 37.6 Å². The zero-order valence-corrected chi connectivity index (χ0v) is 17.0. The van der Waals surface area contributed by atoms with E-state index in [9.17, 15) is 0 Å². The summed E-state index contributed by atoms with van der Waals surface area (Å²) in [6, 6.07) is 12.0. The van der Waals surface area contributed by atoms with Gasteiger partial charge in [-0.3, -0.25) is 0 Å². The van der Waals surface area contributed by atoms with E-state index in [-0.39, 0.29) is 0 Å². The maximum absolute atomic E-state index is 6.10. The predicted molar refractivity (Wildman–Crippen MR) is 114 cm³/mol. The van der Waals surface area contributed by atoms with Gasteiger partial charge < -0.3 is 19.9 Å². The summed E-state index contributed by atoms with van der Waals surface area (Å²) >= 11 is 11.7. The van der Waals surface area contributed by atoms with E-state index >= 15 is 0 Å². The zero-order valence-electron chi connectivity index (χ0n) is 15.4. The first-order chi connectivity index (χ1) is 12.5. The fraction of sp³-hybridized carbons (Fsp3) is 0.350. The highest BCUT2D eigenvalue weighted by Gasteiger charge is 2.21. The quantitative estimate of drug-likeness (QED) is 0.781. The Balaban J connectivity index is 1.64. The number of hydrogen-bond donors (Lipinski definition) is 1. The molecule has 0 radical (unpaired) electrons. The van der Waals surface area contributed by atoms with Gasteiger partial charge in [0.15, 0.2) is 5.11 Å². The molecule has 2 aromatic carbocycles. The summed E-state index contributed by atoms with van der Waals surface area (Å²) in [5.41, 5.74) is 4.79. The Morgan fingerprint density at radius 2 is 1.85 bits per heavy atom. The first-order valence-corrected chi connectivity index (χ1v) is 9.49. The number of nitrogens with one attached hydrogen (secondary N) is 1. The molecule has 0 saturated carbocycles. The molecule has 3 rings (SSSR count). The van der Waals surface area contributed by atoms with Crippen LogP contribution in [0.4, 0.5) is 11.4 Å². The third kappa shape index (κ3) is 4.05. The van der Waals surface area contributed by atoms with Crippen molar-refractivity contribution in [2.24, 2.45) is 0 Å². The van der Waals surface area contributed by atoms with Gasteiger partial charge in [0.2, 0.25) is 0 Å². The summed E-state index contributed by atoms with van der Waals surface area (Å²) in [6.07, 6.45) is 0. The molecule has 0 bridgehead atoms. The van der Waals surface area contributed by atoms with Crippen molar-refractivity contribution in [1.82, 2.24) is 4.90 Å². The van der Waals surface area contributed by atoms with Gasteiger partial charge in [0, 0.05) is 36.9 Å². The highest BCUT2D eigenvalue weighted by atomic mass is 35.5. The number of methoxy groups -OCH3 is 1. The van der Waals surface area contributed by atoms with Gasteiger partial charge in [0.1, 0.15) is 5.75 Å². The van der Waals surface area contributed by atoms with Gasteiger partial charge >= 0.3 is 0 Å². The molecule has 1 aliphatic heterocycles. The van der Waals surface area contributed by atoms with E-state index < -0.39 is 0 Å². The van der Waals surface area contributed by atoms with E-state index in [4.69, 9.17) is 28.6 Å². The molecule has 2 aromatic rings. The zero-order chi connectivity index (χ0) is 18.7. The Hall–Kier alpha value is -1.98. The lowest BCUT2D eigenvalue weighted by atomic mass is 10.1. The molecule has 0 aliphatic carbocycles. The second kappa shape index (κ2) is 8.14. The Bertz CT molecular complexity index is 804. The van der Waals surface area contributed by atoms with Gasteiger partial charge in [-0.2, -0.15) is 0 Å².